The van der Waals surface area contributed by atoms with Crippen molar-refractivity contribution in [3.63, 3.8) is 0 Å². The van der Waals surface area contributed by atoms with Crippen molar-refractivity contribution in [1.29, 1.82) is 0 Å². The Morgan fingerprint density at radius 1 is 1.27 bits per heavy atom. The predicted molar refractivity (Wildman–Crippen MR) is 66.2 cm³/mol. The third-order valence-electron chi connectivity index (χ3n) is 3.67. The number of rotatable bonds is 2. The second-order valence-corrected chi connectivity index (χ2v) is 10.9. The predicted octanol–water partition coefficient (Wildman–Crippen LogP) is 3.13. The van der Waals surface area contributed by atoms with Gasteiger partial charge in [0, 0.05) is 6.10 Å². The molecule has 0 spiro atoms. The molecule has 1 aliphatic carbocycles. The molecule has 0 unspecified atom stereocenters. The van der Waals surface area contributed by atoms with Crippen LogP contribution in [0.4, 0.5) is 0 Å². The highest BCUT2D eigenvalue weighted by Crippen LogP contribution is 2.38. The number of hydrogen-bond acceptors (Lipinski definition) is 2. The minimum absolute atomic E-state index is 0.187. The molecule has 1 aliphatic rings. The van der Waals surface area contributed by atoms with Gasteiger partial charge in [0.2, 0.25) is 0 Å². The van der Waals surface area contributed by atoms with Gasteiger partial charge in [0.05, 0.1) is 6.10 Å². The van der Waals surface area contributed by atoms with Gasteiger partial charge in [-0.15, -0.1) is 0 Å². The molecule has 1 rings (SSSR count). The van der Waals surface area contributed by atoms with Gasteiger partial charge in [0.15, 0.2) is 8.32 Å². The van der Waals surface area contributed by atoms with E-state index in [1.54, 1.807) is 0 Å². The lowest BCUT2D eigenvalue weighted by atomic mass is 9.95. The van der Waals surface area contributed by atoms with Crippen LogP contribution in [0.5, 0.6) is 0 Å². The Labute approximate surface area is 95.2 Å². The first kappa shape index (κ1) is 13.2. The fraction of sp³-hybridized carbons (Fsp3) is 0.917. The molecule has 2 atom stereocenters. The van der Waals surface area contributed by atoms with Crippen molar-refractivity contribution in [1.82, 2.24) is 0 Å². The van der Waals surface area contributed by atoms with E-state index in [-0.39, 0.29) is 17.2 Å². The summed E-state index contributed by atoms with van der Waals surface area (Å²) in [5, 5.41) is 9.84. The Bertz CT molecular complexity index is 208. The zero-order chi connectivity index (χ0) is 11.7. The maximum Gasteiger partial charge on any atom is 0.192 e. The smallest absolute Gasteiger partial charge is 0.192 e. The second kappa shape index (κ2) is 4.56. The van der Waals surface area contributed by atoms with Gasteiger partial charge in [-0.1, -0.05) is 20.8 Å². The van der Waals surface area contributed by atoms with Gasteiger partial charge >= 0.3 is 0 Å². The average Bonchev–Trinajstić information content (AvgIpc) is 2.00. The van der Waals surface area contributed by atoms with Crippen LogP contribution in [0.25, 0.3) is 0 Å². The fourth-order valence-electron chi connectivity index (χ4n) is 1.66. The van der Waals surface area contributed by atoms with E-state index < -0.39 is 8.32 Å². The van der Waals surface area contributed by atoms with Gasteiger partial charge in [-0.3, -0.25) is 0 Å². The van der Waals surface area contributed by atoms with E-state index >= 15 is 0 Å². The van der Waals surface area contributed by atoms with E-state index in [1.165, 1.54) is 0 Å². The van der Waals surface area contributed by atoms with Crippen molar-refractivity contribution < 1.29 is 9.53 Å². The second-order valence-electron chi connectivity index (χ2n) is 6.15. The molecule has 15 heavy (non-hydrogen) atoms. The number of aliphatic hydroxyl groups is 1. The maximum atomic E-state index is 9.58. The zero-order valence-electron chi connectivity index (χ0n) is 10.7. The molecule has 0 aliphatic heterocycles. The SMILES string of the molecule is CC(C)(C)[Si](C)(C)O[C@@H]1C[CH]C[C@@H](O)C1. The summed E-state index contributed by atoms with van der Waals surface area (Å²) < 4.78 is 6.26. The molecule has 0 aromatic rings. The van der Waals surface area contributed by atoms with Crippen molar-refractivity contribution in [3.8, 4) is 0 Å². The lowest BCUT2D eigenvalue weighted by Gasteiger charge is -2.41. The summed E-state index contributed by atoms with van der Waals surface area (Å²) in [6.07, 6.45) is 4.86. The van der Waals surface area contributed by atoms with Crippen LogP contribution in [-0.2, 0) is 4.43 Å². The van der Waals surface area contributed by atoms with Crippen LogP contribution >= 0.6 is 0 Å². The molecule has 3 heteroatoms. The first-order chi connectivity index (χ1) is 6.72. The molecule has 0 saturated heterocycles. The largest absolute Gasteiger partial charge is 0.414 e. The standard InChI is InChI=1S/C12H25O2Si/c1-12(2,3)15(4,5)14-11-8-6-7-10(13)9-11/h6,10-11,13H,7-9H2,1-5H3/t10-,11-/m1/s1. The van der Waals surface area contributed by atoms with E-state index in [1.807, 2.05) is 0 Å². The minimum Gasteiger partial charge on any atom is -0.414 e. The molecule has 1 fully saturated rings. The summed E-state index contributed by atoms with van der Waals surface area (Å²) in [5.41, 5.74) is 0. The maximum absolute atomic E-state index is 9.58. The fourth-order valence-corrected chi connectivity index (χ4v) is 3.04. The van der Waals surface area contributed by atoms with Crippen LogP contribution in [0.1, 0.15) is 40.0 Å². The van der Waals surface area contributed by atoms with Gasteiger partial charge in [-0.2, -0.15) is 0 Å². The Kier molecular flexibility index (Phi) is 4.01. The zero-order valence-corrected chi connectivity index (χ0v) is 11.7. The summed E-state index contributed by atoms with van der Waals surface area (Å²) in [7, 11) is -1.65. The van der Waals surface area contributed by atoms with Gasteiger partial charge in [-0.25, -0.2) is 0 Å². The van der Waals surface area contributed by atoms with E-state index in [0.717, 1.165) is 19.3 Å². The van der Waals surface area contributed by atoms with E-state index in [4.69, 9.17) is 4.43 Å². The first-order valence-corrected chi connectivity index (χ1v) is 8.81. The van der Waals surface area contributed by atoms with Gasteiger partial charge < -0.3 is 9.53 Å². The van der Waals surface area contributed by atoms with Crippen molar-refractivity contribution in [2.75, 3.05) is 0 Å². The summed E-state index contributed by atoms with van der Waals surface area (Å²) in [6.45, 7) is 11.3. The number of aliphatic hydroxyl groups excluding tert-OH is 1. The lowest BCUT2D eigenvalue weighted by Crippen LogP contribution is -2.45. The summed E-state index contributed by atoms with van der Waals surface area (Å²) in [6, 6.07) is 0. The molecule has 0 amide bonds. The normalized spacial score (nSPS) is 29.2. The Morgan fingerprint density at radius 2 is 1.87 bits per heavy atom. The quantitative estimate of drug-likeness (QED) is 0.737. The van der Waals surface area contributed by atoms with Gasteiger partial charge in [0.1, 0.15) is 0 Å². The Balaban J connectivity index is 2.53. The van der Waals surface area contributed by atoms with Crippen LogP contribution in [0, 0.1) is 6.42 Å². The third-order valence-corrected chi connectivity index (χ3v) is 8.21. The van der Waals surface area contributed by atoms with E-state index in [2.05, 4.69) is 40.3 Å². The highest BCUT2D eigenvalue weighted by molar-refractivity contribution is 6.74. The summed E-state index contributed by atoms with van der Waals surface area (Å²) >= 11 is 0. The molecule has 0 heterocycles. The molecule has 0 aromatic carbocycles. The van der Waals surface area contributed by atoms with Crippen molar-refractivity contribution in [2.45, 2.75) is 70.4 Å². The molecule has 2 nitrogen and oxygen atoms in total. The van der Waals surface area contributed by atoms with E-state index in [0.29, 0.717) is 0 Å². The molecule has 1 radical (unpaired) electrons. The van der Waals surface area contributed by atoms with Gasteiger partial charge in [0.25, 0.3) is 0 Å². The van der Waals surface area contributed by atoms with Crippen LogP contribution in [-0.4, -0.2) is 25.6 Å². The molecular formula is C12H25O2Si. The molecule has 89 valence electrons. The Morgan fingerprint density at radius 3 is 2.33 bits per heavy atom. The molecule has 0 aromatic heterocycles. The summed E-state index contributed by atoms with van der Waals surface area (Å²) in [4.78, 5) is 0. The minimum atomic E-state index is -1.65. The average molecular weight is 229 g/mol. The van der Waals surface area contributed by atoms with Crippen LogP contribution in [0.15, 0.2) is 0 Å². The monoisotopic (exact) mass is 229 g/mol. The lowest BCUT2D eigenvalue weighted by molar-refractivity contribution is 0.0648. The van der Waals surface area contributed by atoms with Crippen LogP contribution in [0.2, 0.25) is 18.1 Å². The van der Waals surface area contributed by atoms with Crippen LogP contribution < -0.4 is 0 Å². The van der Waals surface area contributed by atoms with Crippen molar-refractivity contribution in [2.24, 2.45) is 0 Å². The molecular weight excluding hydrogens is 204 g/mol. The third kappa shape index (κ3) is 3.57. The highest BCUT2D eigenvalue weighted by atomic mass is 28.4. The van der Waals surface area contributed by atoms with Gasteiger partial charge in [-0.05, 0) is 43.8 Å². The molecule has 0 bridgehead atoms. The highest BCUT2D eigenvalue weighted by Gasteiger charge is 2.39. The van der Waals surface area contributed by atoms with Crippen molar-refractivity contribution >= 4 is 8.32 Å². The van der Waals surface area contributed by atoms with Crippen LogP contribution in [0.3, 0.4) is 0 Å². The van der Waals surface area contributed by atoms with Crippen molar-refractivity contribution in [3.05, 3.63) is 6.42 Å². The molecule has 1 N–H and O–H groups in total. The first-order valence-electron chi connectivity index (χ1n) is 5.90. The van der Waals surface area contributed by atoms with E-state index in [9.17, 15) is 5.11 Å². The molecule has 1 saturated carbocycles. The number of hydrogen-bond donors (Lipinski definition) is 1. The summed E-state index contributed by atoms with van der Waals surface area (Å²) in [5.74, 6) is 0. The topological polar surface area (TPSA) is 29.5 Å². The Hall–Kier alpha value is 0.137.